The molecular formula is C68H122O34S7. The first-order valence-corrected chi connectivity index (χ1v) is 46.0. The molecule has 21 aliphatic rings. The van der Waals surface area contributed by atoms with Crippen LogP contribution in [0, 0.1) is 0 Å². The van der Waals surface area contributed by atoms with Gasteiger partial charge in [0, 0.05) is 40.3 Å². The van der Waals surface area contributed by atoms with Gasteiger partial charge >= 0.3 is 0 Å². The molecule has 0 aromatic carbocycles. The molecule has 21 saturated heterocycles. The number of aliphatic hydroxyl groups is 14. The predicted molar refractivity (Wildman–Crippen MR) is 405 cm³/mol. The zero-order valence-electron chi connectivity index (χ0n) is 62.9. The number of aliphatic hydroxyl groups excluding tert-OH is 14. The van der Waals surface area contributed by atoms with Crippen LogP contribution in [0.5, 0.6) is 0 Å². The van der Waals surface area contributed by atoms with E-state index in [9.17, 15) is 71.5 Å². The highest BCUT2D eigenvalue weighted by molar-refractivity contribution is 8.00. The summed E-state index contributed by atoms with van der Waals surface area (Å²) < 4.78 is 132. The van der Waals surface area contributed by atoms with Crippen LogP contribution in [0.4, 0.5) is 0 Å². The molecular weight excluding hydrogens is 1590 g/mol. The van der Waals surface area contributed by atoms with Crippen molar-refractivity contribution in [1.82, 2.24) is 0 Å². The van der Waals surface area contributed by atoms with Gasteiger partial charge in [-0.15, -0.1) is 0 Å². The van der Waals surface area contributed by atoms with Crippen LogP contribution in [0.2, 0.25) is 0 Å². The topological polar surface area (TPSA) is 468 Å². The Bertz CT molecular complexity index is 2420. The summed E-state index contributed by atoms with van der Waals surface area (Å²) in [6, 6.07) is 0. The highest BCUT2D eigenvalue weighted by Gasteiger charge is 2.61. The lowest BCUT2D eigenvalue weighted by molar-refractivity contribution is -0.395. The van der Waals surface area contributed by atoms with Gasteiger partial charge in [0.15, 0.2) is 44.0 Å². The van der Waals surface area contributed by atoms with Gasteiger partial charge < -0.3 is 166 Å². The van der Waals surface area contributed by atoms with Crippen molar-refractivity contribution < 1.29 is 166 Å². The molecule has 0 amide bonds. The minimum Gasteiger partial charge on any atom is -0.394 e. The van der Waals surface area contributed by atoms with Crippen molar-refractivity contribution in [2.75, 3.05) is 160 Å². The fourth-order valence-electron chi connectivity index (χ4n) is 14.1. The van der Waals surface area contributed by atoms with Crippen molar-refractivity contribution in [3.63, 3.8) is 0 Å². The lowest BCUT2D eigenvalue weighted by atomic mass is 9.95. The molecule has 35 unspecified atom stereocenters. The minimum atomic E-state index is -1.94. The van der Waals surface area contributed by atoms with E-state index in [1.807, 2.05) is 48.5 Å². The van der Waals surface area contributed by atoms with Gasteiger partial charge in [0.25, 0.3) is 0 Å². The van der Waals surface area contributed by atoms with E-state index in [0.717, 1.165) is 0 Å². The Morgan fingerprint density at radius 1 is 0.202 bits per heavy atom. The molecule has 0 saturated carbocycles. The van der Waals surface area contributed by atoms with Crippen LogP contribution in [0.3, 0.4) is 0 Å². The van der Waals surface area contributed by atoms with E-state index in [0.29, 0.717) is 40.3 Å². The quantitative estimate of drug-likeness (QED) is 0.0295. The molecule has 41 heteroatoms. The maximum absolute atomic E-state index is 12.9. The summed E-state index contributed by atoms with van der Waals surface area (Å²) in [5, 5.41) is 164. The summed E-state index contributed by atoms with van der Waals surface area (Å²) in [7, 11) is 0. The Morgan fingerprint density at radius 3 is 0.505 bits per heavy atom. The van der Waals surface area contributed by atoms with Crippen LogP contribution in [0.15, 0.2) is 0 Å². The lowest BCUT2D eigenvalue weighted by Gasteiger charge is -2.52. The molecule has 0 spiro atoms. The van der Waals surface area contributed by atoms with Crippen LogP contribution in [-0.2, 0) is 94.7 Å². The zero-order chi connectivity index (χ0) is 78.7. The summed E-state index contributed by atoms with van der Waals surface area (Å²) in [4.78, 5) is 0. The van der Waals surface area contributed by atoms with Crippen molar-refractivity contribution in [3.05, 3.63) is 0 Å². The summed E-state index contributed by atoms with van der Waals surface area (Å²) in [6.45, 7) is 7.89. The summed E-state index contributed by atoms with van der Waals surface area (Å²) >= 11 is 9.87. The maximum Gasteiger partial charge on any atom is 0.187 e. The molecule has 21 rings (SSSR count). The first-order valence-electron chi connectivity index (χ1n) is 37.9. The van der Waals surface area contributed by atoms with E-state index in [2.05, 4.69) is 0 Å². The highest BCUT2D eigenvalue weighted by atomic mass is 32.2. The average molecular weight is 1710 g/mol. The zero-order valence-corrected chi connectivity index (χ0v) is 68.6. The summed E-state index contributed by atoms with van der Waals surface area (Å²) in [6.07, 6.45) is -52.3. The van der Waals surface area contributed by atoms with Gasteiger partial charge in [0.1, 0.15) is 128 Å². The second-order valence-electron chi connectivity index (χ2n) is 26.4. The smallest absolute Gasteiger partial charge is 0.187 e. The van der Waals surface area contributed by atoms with Gasteiger partial charge in [-0.3, -0.25) is 0 Å². The third-order valence-electron chi connectivity index (χ3n) is 19.2. The third-order valence-corrected chi connectivity index (χ3v) is 26.0. The fourth-order valence-corrected chi connectivity index (χ4v) is 19.2. The van der Waals surface area contributed by atoms with Gasteiger partial charge in [-0.25, -0.2) is 0 Å². The SMILES string of the molecule is CCSCC1OC2OC3C(CSCC)OC(OC4C(CSCC)OC(OC5C(CSCC)OC(OC6C(CSCC)OC(OC7C(CSCC)OC(OC8C(CSCC)OC(OC1C(O)C2O)C(OCCO)C8O)C(OCCO)C7O)C(OCCO)C6O)C(OCCO)C5O)C(OCCO)C4O)C(OCCO)C3O. The van der Waals surface area contributed by atoms with Crippen LogP contribution in [0.1, 0.15) is 48.5 Å². The van der Waals surface area contributed by atoms with Crippen LogP contribution >= 0.6 is 82.3 Å². The number of thioether (sulfide) groups is 7. The molecule has 109 heavy (non-hydrogen) atoms. The van der Waals surface area contributed by atoms with Crippen molar-refractivity contribution in [1.29, 1.82) is 0 Å². The van der Waals surface area contributed by atoms with E-state index in [1.54, 1.807) is 0 Å². The first-order chi connectivity index (χ1) is 52.9. The fraction of sp³-hybridized carbons (Fsp3) is 1.00. The Kier molecular flexibility index (Phi) is 44.1. The van der Waals surface area contributed by atoms with Gasteiger partial charge in [-0.05, 0) is 40.3 Å². The Morgan fingerprint density at radius 2 is 0.349 bits per heavy atom. The van der Waals surface area contributed by atoms with E-state index in [4.69, 9.17) is 94.7 Å². The number of ether oxygens (including phenoxy) is 20. The molecule has 14 bridgehead atoms. The summed E-state index contributed by atoms with van der Waals surface area (Å²) in [5.41, 5.74) is 0. The van der Waals surface area contributed by atoms with Crippen LogP contribution in [-0.4, -0.2) is 446 Å². The molecule has 34 nitrogen and oxygen atoms in total. The van der Waals surface area contributed by atoms with Crippen molar-refractivity contribution in [2.45, 2.75) is 263 Å². The van der Waals surface area contributed by atoms with E-state index >= 15 is 0 Å². The average Bonchev–Trinajstić information content (AvgIpc) is 0.788. The van der Waals surface area contributed by atoms with E-state index in [1.165, 1.54) is 82.3 Å². The molecule has 21 heterocycles. The normalized spacial score (nSPS) is 42.6. The molecule has 0 radical (unpaired) electrons. The highest BCUT2D eigenvalue weighted by Crippen LogP contribution is 2.43. The minimum absolute atomic E-state index is 0.113. The predicted octanol–water partition coefficient (Wildman–Crippen LogP) is -2.81. The largest absolute Gasteiger partial charge is 0.394 e. The Balaban J connectivity index is 1.27. The molecule has 35 atom stereocenters. The third kappa shape index (κ3) is 25.6. The first kappa shape index (κ1) is 95.6. The van der Waals surface area contributed by atoms with Crippen molar-refractivity contribution >= 4 is 82.3 Å². The standard InChI is InChI=1S/C68H122O34S7/c1-8-103-27-34-49-41(75)42(76)62(89-34)96-50-35(28-104-9-2)90-64(56(43(50)77)83-21-15-69)98-52-37(30-106-11-4)92-66(58(45(52)79)85-23-17-71)100-54-39(32-108-13-6)94-68(60(47(54)81)87-25-19-73)102-55-40(33-109-14-7)95-67(61(48(55)82)88-26-20-74)101-53-38(31-107-12-5)93-65(59(46(53)80)86-24-18-72)99-51-36(29-105-10-3)91-63(97-49)57(44(51)78)84-22-16-70/h34-82H,8-33H2,1-7H3. The Hall–Kier alpha value is 1.09. The van der Waals surface area contributed by atoms with E-state index in [-0.39, 0.29) is 79.9 Å². The van der Waals surface area contributed by atoms with Crippen molar-refractivity contribution in [2.24, 2.45) is 0 Å². The van der Waals surface area contributed by atoms with Gasteiger partial charge in [0.2, 0.25) is 0 Å². The molecule has 0 aliphatic carbocycles. The monoisotopic (exact) mass is 1710 g/mol. The van der Waals surface area contributed by atoms with Crippen LogP contribution in [0.25, 0.3) is 0 Å². The number of hydrogen-bond acceptors (Lipinski definition) is 41. The molecule has 0 aromatic rings. The lowest BCUT2D eigenvalue weighted by Crippen LogP contribution is -2.69. The second-order valence-corrected chi connectivity index (χ2v) is 35.6. The van der Waals surface area contributed by atoms with Gasteiger partial charge in [0.05, 0.1) is 122 Å². The molecule has 640 valence electrons. The van der Waals surface area contributed by atoms with Crippen LogP contribution < -0.4 is 0 Å². The van der Waals surface area contributed by atoms with E-state index < -0.39 is 255 Å². The number of rotatable bonds is 39. The molecule has 21 fully saturated rings. The van der Waals surface area contributed by atoms with Crippen molar-refractivity contribution in [3.8, 4) is 0 Å². The maximum atomic E-state index is 12.9. The van der Waals surface area contributed by atoms with Gasteiger partial charge in [-0.2, -0.15) is 82.3 Å². The molecule has 14 N–H and O–H groups in total. The Labute approximate surface area is 667 Å². The molecule has 0 aromatic heterocycles. The number of hydrogen-bond donors (Lipinski definition) is 14. The summed E-state index contributed by atoms with van der Waals surface area (Å²) in [5.74, 6) is 4.71. The second kappa shape index (κ2) is 50.4. The molecule has 21 aliphatic heterocycles. The van der Waals surface area contributed by atoms with Gasteiger partial charge in [-0.1, -0.05) is 48.5 Å².